The standard InChI is InChI=1S/C20H26N6O3S/c1-14-17(30-13-23-14)18(27)21-5-4-16-15(19(28)25-6-2-3-7-25)12-22-20(24-16)26-8-10-29-11-9-26/h12-13H,2-11H2,1H3,(H,21,27). The van der Waals surface area contributed by atoms with Gasteiger partial charge in [0.25, 0.3) is 11.8 Å². The fourth-order valence-corrected chi connectivity index (χ4v) is 4.40. The third-order valence-electron chi connectivity index (χ3n) is 5.37. The predicted molar refractivity (Wildman–Crippen MR) is 113 cm³/mol. The van der Waals surface area contributed by atoms with Gasteiger partial charge in [0.1, 0.15) is 4.88 Å². The van der Waals surface area contributed by atoms with Gasteiger partial charge in [0.2, 0.25) is 5.95 Å². The number of likely N-dealkylation sites (tertiary alicyclic amines) is 1. The van der Waals surface area contributed by atoms with E-state index in [0.717, 1.165) is 44.7 Å². The molecule has 2 aliphatic heterocycles. The first-order chi connectivity index (χ1) is 14.6. The number of anilines is 1. The second-order valence-electron chi connectivity index (χ2n) is 7.40. The summed E-state index contributed by atoms with van der Waals surface area (Å²) in [4.78, 5) is 43.2. The number of aromatic nitrogens is 3. The molecule has 30 heavy (non-hydrogen) atoms. The Labute approximate surface area is 179 Å². The van der Waals surface area contributed by atoms with Gasteiger partial charge in [0.05, 0.1) is 35.7 Å². The average molecular weight is 431 g/mol. The minimum Gasteiger partial charge on any atom is -0.378 e. The largest absolute Gasteiger partial charge is 0.378 e. The second-order valence-corrected chi connectivity index (χ2v) is 8.26. The number of ether oxygens (including phenoxy) is 1. The lowest BCUT2D eigenvalue weighted by Crippen LogP contribution is -2.38. The van der Waals surface area contributed by atoms with Gasteiger partial charge >= 0.3 is 0 Å². The number of hydrogen-bond donors (Lipinski definition) is 1. The summed E-state index contributed by atoms with van der Waals surface area (Å²) in [5, 5.41) is 2.92. The molecular weight excluding hydrogens is 404 g/mol. The number of nitrogens with zero attached hydrogens (tertiary/aromatic N) is 5. The molecule has 2 aliphatic rings. The fourth-order valence-electron chi connectivity index (χ4n) is 3.68. The summed E-state index contributed by atoms with van der Waals surface area (Å²) in [6.07, 6.45) is 4.15. The highest BCUT2D eigenvalue weighted by Gasteiger charge is 2.25. The Bertz CT molecular complexity index is 906. The van der Waals surface area contributed by atoms with Crippen LogP contribution in [-0.4, -0.2) is 77.6 Å². The van der Waals surface area contributed by atoms with Crippen LogP contribution in [-0.2, 0) is 11.2 Å². The molecule has 9 nitrogen and oxygen atoms in total. The molecule has 0 radical (unpaired) electrons. The van der Waals surface area contributed by atoms with Crippen molar-refractivity contribution >= 4 is 29.1 Å². The van der Waals surface area contributed by atoms with Crippen molar-refractivity contribution in [2.24, 2.45) is 0 Å². The highest BCUT2D eigenvalue weighted by molar-refractivity contribution is 7.11. The summed E-state index contributed by atoms with van der Waals surface area (Å²) in [5.41, 5.74) is 3.58. The van der Waals surface area contributed by atoms with Crippen molar-refractivity contribution in [3.8, 4) is 0 Å². The third kappa shape index (κ3) is 4.59. The number of amides is 2. The van der Waals surface area contributed by atoms with Gasteiger partial charge in [-0.25, -0.2) is 15.0 Å². The molecule has 0 aliphatic carbocycles. The number of thiazole rings is 1. The van der Waals surface area contributed by atoms with E-state index in [0.29, 0.717) is 48.3 Å². The lowest BCUT2D eigenvalue weighted by atomic mass is 10.1. The van der Waals surface area contributed by atoms with Crippen molar-refractivity contribution in [2.45, 2.75) is 26.2 Å². The molecule has 4 rings (SSSR count). The van der Waals surface area contributed by atoms with Gasteiger partial charge in [-0.1, -0.05) is 0 Å². The SMILES string of the molecule is Cc1ncsc1C(=O)NCCc1nc(N2CCOCC2)ncc1C(=O)N1CCCC1. The molecule has 0 atom stereocenters. The molecule has 2 aromatic rings. The quantitative estimate of drug-likeness (QED) is 0.737. The first kappa shape index (κ1) is 20.7. The Hall–Kier alpha value is -2.59. The lowest BCUT2D eigenvalue weighted by Gasteiger charge is -2.27. The van der Waals surface area contributed by atoms with Crippen LogP contribution in [0.15, 0.2) is 11.7 Å². The predicted octanol–water partition coefficient (Wildman–Crippen LogP) is 1.29. The van der Waals surface area contributed by atoms with Crippen LogP contribution in [0, 0.1) is 6.92 Å². The first-order valence-corrected chi connectivity index (χ1v) is 11.2. The molecule has 10 heteroatoms. The molecule has 0 saturated carbocycles. The number of carbonyl (C=O) groups is 2. The zero-order valence-corrected chi connectivity index (χ0v) is 17.9. The van der Waals surface area contributed by atoms with E-state index in [-0.39, 0.29) is 11.8 Å². The topological polar surface area (TPSA) is 101 Å². The average Bonchev–Trinajstić information content (AvgIpc) is 3.46. The van der Waals surface area contributed by atoms with Crippen LogP contribution < -0.4 is 10.2 Å². The summed E-state index contributed by atoms with van der Waals surface area (Å²) in [6.45, 7) is 6.46. The van der Waals surface area contributed by atoms with Crippen LogP contribution in [0.3, 0.4) is 0 Å². The molecule has 1 N–H and O–H groups in total. The van der Waals surface area contributed by atoms with Crippen LogP contribution in [0.25, 0.3) is 0 Å². The van der Waals surface area contributed by atoms with Crippen molar-refractivity contribution in [3.63, 3.8) is 0 Å². The summed E-state index contributed by atoms with van der Waals surface area (Å²) < 4.78 is 5.41. The minimum atomic E-state index is -0.148. The second kappa shape index (κ2) is 9.48. The molecule has 2 amide bonds. The van der Waals surface area contributed by atoms with Crippen LogP contribution in [0.1, 0.15) is 44.3 Å². The molecule has 2 saturated heterocycles. The van der Waals surface area contributed by atoms with E-state index in [9.17, 15) is 9.59 Å². The molecule has 2 fully saturated rings. The number of carbonyl (C=O) groups excluding carboxylic acids is 2. The maximum absolute atomic E-state index is 13.0. The zero-order valence-electron chi connectivity index (χ0n) is 17.1. The van der Waals surface area contributed by atoms with E-state index >= 15 is 0 Å². The molecule has 160 valence electrons. The van der Waals surface area contributed by atoms with Crippen LogP contribution in [0.2, 0.25) is 0 Å². The normalized spacial score (nSPS) is 16.7. The van der Waals surface area contributed by atoms with E-state index in [4.69, 9.17) is 9.72 Å². The summed E-state index contributed by atoms with van der Waals surface area (Å²) in [7, 11) is 0. The van der Waals surface area contributed by atoms with Crippen LogP contribution in [0.4, 0.5) is 5.95 Å². The maximum atomic E-state index is 13.0. The molecular formula is C20H26N6O3S. The van der Waals surface area contributed by atoms with Crippen molar-refractivity contribution < 1.29 is 14.3 Å². The van der Waals surface area contributed by atoms with Gasteiger partial charge in [-0.2, -0.15) is 0 Å². The lowest BCUT2D eigenvalue weighted by molar-refractivity contribution is 0.0790. The van der Waals surface area contributed by atoms with Gasteiger partial charge in [0.15, 0.2) is 0 Å². The number of nitrogens with one attached hydrogen (secondary N) is 1. The Morgan fingerprint density at radius 2 is 1.93 bits per heavy atom. The van der Waals surface area contributed by atoms with E-state index in [2.05, 4.69) is 20.2 Å². The Kier molecular flexibility index (Phi) is 6.53. The maximum Gasteiger partial charge on any atom is 0.263 e. The Morgan fingerprint density at radius 3 is 2.63 bits per heavy atom. The Morgan fingerprint density at radius 1 is 1.17 bits per heavy atom. The summed E-state index contributed by atoms with van der Waals surface area (Å²) in [6, 6.07) is 0. The number of morpholine rings is 1. The van der Waals surface area contributed by atoms with E-state index in [1.54, 1.807) is 11.7 Å². The van der Waals surface area contributed by atoms with E-state index in [1.165, 1.54) is 11.3 Å². The number of hydrogen-bond acceptors (Lipinski definition) is 8. The summed E-state index contributed by atoms with van der Waals surface area (Å²) in [5.74, 6) is 0.432. The van der Waals surface area contributed by atoms with Crippen LogP contribution >= 0.6 is 11.3 Å². The zero-order chi connectivity index (χ0) is 20.9. The van der Waals surface area contributed by atoms with E-state index in [1.807, 2.05) is 11.8 Å². The van der Waals surface area contributed by atoms with Crippen molar-refractivity contribution in [3.05, 3.63) is 33.5 Å². The van der Waals surface area contributed by atoms with Crippen molar-refractivity contribution in [1.82, 2.24) is 25.2 Å². The van der Waals surface area contributed by atoms with Gasteiger partial charge in [-0.15, -0.1) is 11.3 Å². The Balaban J connectivity index is 1.50. The van der Waals surface area contributed by atoms with Gasteiger partial charge in [0, 0.05) is 45.3 Å². The molecule has 0 bridgehead atoms. The van der Waals surface area contributed by atoms with Crippen LogP contribution in [0.5, 0.6) is 0 Å². The molecule has 2 aromatic heterocycles. The highest BCUT2D eigenvalue weighted by Crippen LogP contribution is 2.19. The first-order valence-electron chi connectivity index (χ1n) is 10.3. The van der Waals surface area contributed by atoms with E-state index < -0.39 is 0 Å². The number of aryl methyl sites for hydroxylation is 1. The third-order valence-corrected chi connectivity index (χ3v) is 6.30. The van der Waals surface area contributed by atoms with Gasteiger partial charge in [-0.05, 0) is 19.8 Å². The smallest absolute Gasteiger partial charge is 0.263 e. The van der Waals surface area contributed by atoms with Gasteiger partial charge in [-0.3, -0.25) is 9.59 Å². The highest BCUT2D eigenvalue weighted by atomic mass is 32.1. The minimum absolute atomic E-state index is 0.0272. The molecule has 4 heterocycles. The fraction of sp³-hybridized carbons (Fsp3) is 0.550. The van der Waals surface area contributed by atoms with Gasteiger partial charge < -0.3 is 19.9 Å². The number of rotatable bonds is 6. The monoisotopic (exact) mass is 430 g/mol. The summed E-state index contributed by atoms with van der Waals surface area (Å²) >= 11 is 1.32. The molecule has 0 unspecified atom stereocenters. The van der Waals surface area contributed by atoms with Crippen molar-refractivity contribution in [1.29, 1.82) is 0 Å². The van der Waals surface area contributed by atoms with Crippen molar-refractivity contribution in [2.75, 3.05) is 50.8 Å². The molecule has 0 aromatic carbocycles. The molecule has 0 spiro atoms.